The fraction of sp³-hybridized carbons (Fsp3) is 0.0476. The number of nitrogens with zero attached hydrogens (tertiary/aromatic N) is 4. The largest absolute Gasteiger partial charge is 0.439 e. The van der Waals surface area contributed by atoms with Gasteiger partial charge in [-0.25, -0.2) is 9.97 Å². The molecule has 0 saturated heterocycles. The maximum atomic E-state index is 11.4. The highest BCUT2D eigenvalue weighted by atomic mass is 16.5. The third-order valence-corrected chi connectivity index (χ3v) is 4.07. The molecule has 8 nitrogen and oxygen atoms in total. The molecule has 0 bridgehead atoms. The number of pyridine rings is 2. The number of hydrogen-bond acceptors (Lipinski definition) is 6. The molecule has 3 aromatic heterocycles. The van der Waals surface area contributed by atoms with Crippen LogP contribution < -0.4 is 15.8 Å². The van der Waals surface area contributed by atoms with Crippen molar-refractivity contribution in [2.24, 2.45) is 5.73 Å². The lowest BCUT2D eigenvalue weighted by molar-refractivity contribution is 0.100. The monoisotopic (exact) mass is 386 g/mol. The first kappa shape index (κ1) is 18.2. The predicted molar refractivity (Wildman–Crippen MR) is 109 cm³/mol. The molecule has 29 heavy (non-hydrogen) atoms. The molecule has 0 aliphatic rings. The molecule has 4 aromatic rings. The van der Waals surface area contributed by atoms with Gasteiger partial charge in [0.1, 0.15) is 11.6 Å². The summed E-state index contributed by atoms with van der Waals surface area (Å²) < 4.78 is 7.61. The number of primary amides is 1. The number of aryl methyl sites for hydroxylation is 1. The van der Waals surface area contributed by atoms with Crippen LogP contribution in [0.4, 0.5) is 11.5 Å². The molecule has 0 radical (unpaired) electrons. The van der Waals surface area contributed by atoms with Gasteiger partial charge in [-0.3, -0.25) is 4.79 Å². The van der Waals surface area contributed by atoms with Crippen molar-refractivity contribution >= 4 is 17.4 Å². The lowest BCUT2D eigenvalue weighted by Crippen LogP contribution is -2.10. The van der Waals surface area contributed by atoms with Gasteiger partial charge in [0.05, 0.1) is 6.20 Å². The van der Waals surface area contributed by atoms with E-state index < -0.39 is 5.91 Å². The Balaban J connectivity index is 1.56. The Hall–Kier alpha value is -4.20. The van der Waals surface area contributed by atoms with Gasteiger partial charge in [-0.2, -0.15) is 9.78 Å². The Bertz CT molecular complexity index is 1170. The normalized spacial score (nSPS) is 10.5. The van der Waals surface area contributed by atoms with Crippen molar-refractivity contribution in [3.63, 3.8) is 0 Å². The minimum Gasteiger partial charge on any atom is -0.439 e. The van der Waals surface area contributed by atoms with Crippen molar-refractivity contribution in [1.82, 2.24) is 19.7 Å². The average molecular weight is 386 g/mol. The molecule has 144 valence electrons. The van der Waals surface area contributed by atoms with Crippen molar-refractivity contribution in [3.05, 3.63) is 84.3 Å². The Morgan fingerprint density at radius 3 is 2.76 bits per heavy atom. The van der Waals surface area contributed by atoms with Crippen LogP contribution in [0.25, 0.3) is 5.82 Å². The number of aromatic nitrogens is 4. The number of hydrogen-bond donors (Lipinski definition) is 2. The SMILES string of the molecule is Cc1cccc(-n2nccc2Oc2ccnc(Nc3cccc(C(N)=O)c3)c2)n1. The van der Waals surface area contributed by atoms with E-state index in [1.165, 1.54) is 0 Å². The zero-order valence-electron chi connectivity index (χ0n) is 15.6. The van der Waals surface area contributed by atoms with Crippen molar-refractivity contribution < 1.29 is 9.53 Å². The second kappa shape index (κ2) is 7.81. The summed E-state index contributed by atoms with van der Waals surface area (Å²) in [6, 6.07) is 17.8. The van der Waals surface area contributed by atoms with E-state index >= 15 is 0 Å². The summed E-state index contributed by atoms with van der Waals surface area (Å²) in [6.45, 7) is 1.92. The summed E-state index contributed by atoms with van der Waals surface area (Å²) in [7, 11) is 0. The summed E-state index contributed by atoms with van der Waals surface area (Å²) >= 11 is 0. The minimum atomic E-state index is -0.489. The van der Waals surface area contributed by atoms with Gasteiger partial charge in [0.15, 0.2) is 5.82 Å². The predicted octanol–water partition coefficient (Wildman–Crippen LogP) is 3.61. The summed E-state index contributed by atoms with van der Waals surface area (Å²) in [5.74, 6) is 1.83. The number of amides is 1. The van der Waals surface area contributed by atoms with Crippen LogP contribution in [-0.2, 0) is 0 Å². The van der Waals surface area contributed by atoms with Gasteiger partial charge in [0.25, 0.3) is 0 Å². The summed E-state index contributed by atoms with van der Waals surface area (Å²) in [5, 5.41) is 7.43. The van der Waals surface area contributed by atoms with E-state index in [-0.39, 0.29) is 0 Å². The molecule has 0 aliphatic heterocycles. The number of carbonyl (C=O) groups is 1. The van der Waals surface area contributed by atoms with E-state index in [0.717, 1.165) is 5.69 Å². The van der Waals surface area contributed by atoms with Crippen LogP contribution in [0.5, 0.6) is 11.6 Å². The molecule has 8 heteroatoms. The standard InChI is InChI=1S/C21H18N6O2/c1-14-4-2-7-19(25-14)27-20(9-11-24-27)29-17-8-10-23-18(13-17)26-16-6-3-5-15(12-16)21(22)28/h2-13H,1H3,(H2,22,28)(H,23,26). The molecule has 0 saturated carbocycles. The van der Waals surface area contributed by atoms with E-state index in [1.807, 2.05) is 31.2 Å². The van der Waals surface area contributed by atoms with E-state index in [0.29, 0.717) is 34.5 Å². The maximum absolute atomic E-state index is 11.4. The van der Waals surface area contributed by atoms with Crippen LogP contribution in [0.1, 0.15) is 16.1 Å². The van der Waals surface area contributed by atoms with Crippen LogP contribution in [-0.4, -0.2) is 25.7 Å². The highest BCUT2D eigenvalue weighted by Gasteiger charge is 2.10. The molecule has 0 spiro atoms. The average Bonchev–Trinajstić information content (AvgIpc) is 3.16. The lowest BCUT2D eigenvalue weighted by atomic mass is 10.2. The number of nitrogens with two attached hydrogens (primary N) is 1. The number of carbonyl (C=O) groups excluding carboxylic acids is 1. The first-order chi connectivity index (χ1) is 14.1. The zero-order chi connectivity index (χ0) is 20.2. The molecule has 0 atom stereocenters. The second-order valence-corrected chi connectivity index (χ2v) is 6.27. The van der Waals surface area contributed by atoms with Crippen LogP contribution in [0.15, 0.2) is 73.1 Å². The van der Waals surface area contributed by atoms with E-state index in [9.17, 15) is 4.79 Å². The van der Waals surface area contributed by atoms with Crippen LogP contribution in [0.3, 0.4) is 0 Å². The Kier molecular flexibility index (Phi) is 4.90. The third kappa shape index (κ3) is 4.22. The molecule has 4 rings (SSSR count). The van der Waals surface area contributed by atoms with Crippen LogP contribution >= 0.6 is 0 Å². The smallest absolute Gasteiger partial charge is 0.248 e. The number of ether oxygens (including phenoxy) is 1. The van der Waals surface area contributed by atoms with E-state index in [4.69, 9.17) is 10.5 Å². The van der Waals surface area contributed by atoms with E-state index in [1.54, 1.807) is 53.5 Å². The summed E-state index contributed by atoms with van der Waals surface area (Å²) in [4.78, 5) is 20.1. The molecule has 3 N–H and O–H groups in total. The molecule has 0 fully saturated rings. The van der Waals surface area contributed by atoms with Gasteiger partial charge in [-0.15, -0.1) is 0 Å². The van der Waals surface area contributed by atoms with Crippen LogP contribution in [0, 0.1) is 6.92 Å². The molecule has 3 heterocycles. The zero-order valence-corrected chi connectivity index (χ0v) is 15.6. The quantitative estimate of drug-likeness (QED) is 0.524. The second-order valence-electron chi connectivity index (χ2n) is 6.27. The fourth-order valence-electron chi connectivity index (χ4n) is 2.75. The van der Waals surface area contributed by atoms with Gasteiger partial charge in [-0.1, -0.05) is 12.1 Å². The summed E-state index contributed by atoms with van der Waals surface area (Å²) in [5.41, 5.74) is 7.33. The molecule has 1 amide bonds. The molecule has 1 aromatic carbocycles. The fourth-order valence-corrected chi connectivity index (χ4v) is 2.75. The van der Waals surface area contributed by atoms with Gasteiger partial charge in [-0.05, 0) is 43.3 Å². The molecular weight excluding hydrogens is 368 g/mol. The van der Waals surface area contributed by atoms with Crippen molar-refractivity contribution in [2.75, 3.05) is 5.32 Å². The molecule has 0 unspecified atom stereocenters. The van der Waals surface area contributed by atoms with Crippen molar-refractivity contribution in [2.45, 2.75) is 6.92 Å². The van der Waals surface area contributed by atoms with E-state index in [2.05, 4.69) is 20.4 Å². The minimum absolute atomic E-state index is 0.414. The summed E-state index contributed by atoms with van der Waals surface area (Å²) in [6.07, 6.45) is 3.27. The Morgan fingerprint density at radius 1 is 1.07 bits per heavy atom. The lowest BCUT2D eigenvalue weighted by Gasteiger charge is -2.11. The first-order valence-electron chi connectivity index (χ1n) is 8.87. The number of anilines is 2. The van der Waals surface area contributed by atoms with Gasteiger partial charge >= 0.3 is 0 Å². The molecule has 0 aliphatic carbocycles. The van der Waals surface area contributed by atoms with Gasteiger partial charge in [0.2, 0.25) is 11.8 Å². The molecular formula is C21H18N6O2. The topological polar surface area (TPSA) is 108 Å². The highest BCUT2D eigenvalue weighted by molar-refractivity contribution is 5.93. The number of nitrogens with one attached hydrogen (secondary N) is 1. The third-order valence-electron chi connectivity index (χ3n) is 4.07. The van der Waals surface area contributed by atoms with Gasteiger partial charge in [0, 0.05) is 35.3 Å². The van der Waals surface area contributed by atoms with Crippen molar-refractivity contribution in [1.29, 1.82) is 0 Å². The Morgan fingerprint density at radius 2 is 1.93 bits per heavy atom. The Labute approximate surface area is 167 Å². The first-order valence-corrected chi connectivity index (χ1v) is 8.87. The van der Waals surface area contributed by atoms with Gasteiger partial charge < -0.3 is 15.8 Å². The number of rotatable bonds is 6. The highest BCUT2D eigenvalue weighted by Crippen LogP contribution is 2.26. The number of benzene rings is 1. The van der Waals surface area contributed by atoms with Crippen LogP contribution in [0.2, 0.25) is 0 Å². The maximum Gasteiger partial charge on any atom is 0.248 e. The van der Waals surface area contributed by atoms with Crippen molar-refractivity contribution in [3.8, 4) is 17.4 Å².